The van der Waals surface area contributed by atoms with Crippen molar-refractivity contribution in [3.8, 4) is 11.1 Å². The van der Waals surface area contributed by atoms with E-state index in [1.165, 1.54) is 11.8 Å². The lowest BCUT2D eigenvalue weighted by Gasteiger charge is -2.09. The minimum Gasteiger partial charge on any atom is -0.347 e. The lowest BCUT2D eigenvalue weighted by molar-refractivity contribution is 0.0945. The molecule has 22 heavy (non-hydrogen) atoms. The van der Waals surface area contributed by atoms with Crippen molar-refractivity contribution in [1.82, 2.24) is 15.3 Å². The predicted octanol–water partition coefficient (Wildman–Crippen LogP) is 3.44. The van der Waals surface area contributed by atoms with E-state index in [9.17, 15) is 4.79 Å². The topological polar surface area (TPSA) is 54.9 Å². The summed E-state index contributed by atoms with van der Waals surface area (Å²) in [4.78, 5) is 20.3. The van der Waals surface area contributed by atoms with Crippen molar-refractivity contribution < 1.29 is 4.79 Å². The van der Waals surface area contributed by atoms with Gasteiger partial charge in [0.1, 0.15) is 5.69 Å². The van der Waals surface area contributed by atoms with Crippen molar-refractivity contribution in [1.29, 1.82) is 0 Å². The molecule has 0 bridgehead atoms. The highest BCUT2D eigenvalue weighted by molar-refractivity contribution is 7.08. The number of aryl methyl sites for hydroxylation is 1. The minimum atomic E-state index is -0.215. The van der Waals surface area contributed by atoms with Gasteiger partial charge < -0.3 is 5.32 Å². The number of rotatable bonds is 4. The molecule has 2 aromatic heterocycles. The number of nitrogens with zero attached hydrogens (tertiary/aromatic N) is 2. The first-order valence-corrected chi connectivity index (χ1v) is 7.85. The lowest BCUT2D eigenvalue weighted by atomic mass is 10.0. The number of aromatic nitrogens is 2. The fourth-order valence-electron chi connectivity index (χ4n) is 2.15. The summed E-state index contributed by atoms with van der Waals surface area (Å²) in [6.45, 7) is 2.30. The first-order chi connectivity index (χ1) is 10.7. The molecule has 1 amide bonds. The molecular weight excluding hydrogens is 294 g/mol. The van der Waals surface area contributed by atoms with Crippen LogP contribution in [0.3, 0.4) is 0 Å². The smallest absolute Gasteiger partial charge is 0.271 e. The van der Waals surface area contributed by atoms with Gasteiger partial charge in [-0.1, -0.05) is 24.3 Å². The molecule has 4 nitrogen and oxygen atoms in total. The maximum absolute atomic E-state index is 12.1. The van der Waals surface area contributed by atoms with E-state index >= 15 is 0 Å². The van der Waals surface area contributed by atoms with Crippen LogP contribution in [0.5, 0.6) is 0 Å². The van der Waals surface area contributed by atoms with Gasteiger partial charge in [-0.2, -0.15) is 11.3 Å². The average Bonchev–Trinajstić information content (AvgIpc) is 3.08. The third kappa shape index (κ3) is 3.20. The fraction of sp³-hybridized carbons (Fsp3) is 0.118. The zero-order chi connectivity index (χ0) is 15.4. The molecule has 0 aliphatic heterocycles. The van der Waals surface area contributed by atoms with Crippen molar-refractivity contribution in [2.45, 2.75) is 13.5 Å². The summed E-state index contributed by atoms with van der Waals surface area (Å²) in [5.74, 6) is -0.215. The quantitative estimate of drug-likeness (QED) is 0.803. The Bertz CT molecular complexity index is 767. The van der Waals surface area contributed by atoms with E-state index in [1.807, 2.05) is 30.5 Å². The number of hydrogen-bond acceptors (Lipinski definition) is 4. The van der Waals surface area contributed by atoms with E-state index in [-0.39, 0.29) is 5.91 Å². The Labute approximate surface area is 132 Å². The molecule has 5 heteroatoms. The molecule has 0 radical (unpaired) electrons. The predicted molar refractivity (Wildman–Crippen MR) is 87.7 cm³/mol. The average molecular weight is 309 g/mol. The summed E-state index contributed by atoms with van der Waals surface area (Å²) in [5, 5.41) is 7.05. The maximum Gasteiger partial charge on any atom is 0.271 e. The highest BCUT2D eigenvalue weighted by Gasteiger charge is 2.09. The van der Waals surface area contributed by atoms with Gasteiger partial charge in [-0.3, -0.25) is 9.78 Å². The van der Waals surface area contributed by atoms with Crippen LogP contribution in [0.1, 0.15) is 21.7 Å². The van der Waals surface area contributed by atoms with E-state index < -0.39 is 0 Å². The molecule has 0 saturated heterocycles. The van der Waals surface area contributed by atoms with Gasteiger partial charge in [0.05, 0.1) is 11.9 Å². The van der Waals surface area contributed by atoms with Crippen LogP contribution in [0.2, 0.25) is 0 Å². The van der Waals surface area contributed by atoms with E-state index in [2.05, 4.69) is 32.8 Å². The third-order valence-electron chi connectivity index (χ3n) is 3.30. The molecule has 1 aromatic carbocycles. The SMILES string of the molecule is Cc1cnc(C(=O)NCc2ccccc2-c2ccsc2)cn1. The Kier molecular flexibility index (Phi) is 4.25. The van der Waals surface area contributed by atoms with E-state index in [1.54, 1.807) is 17.5 Å². The summed E-state index contributed by atoms with van der Waals surface area (Å²) in [5.41, 5.74) is 4.51. The summed E-state index contributed by atoms with van der Waals surface area (Å²) < 4.78 is 0. The number of amides is 1. The molecule has 0 fully saturated rings. The van der Waals surface area contributed by atoms with E-state index in [4.69, 9.17) is 0 Å². The molecule has 0 atom stereocenters. The minimum absolute atomic E-state index is 0.215. The van der Waals surface area contributed by atoms with Crippen molar-refractivity contribution in [2.24, 2.45) is 0 Å². The van der Waals surface area contributed by atoms with Crippen LogP contribution in [0.4, 0.5) is 0 Å². The van der Waals surface area contributed by atoms with Gasteiger partial charge in [0.2, 0.25) is 0 Å². The van der Waals surface area contributed by atoms with Crippen LogP contribution >= 0.6 is 11.3 Å². The van der Waals surface area contributed by atoms with Crippen LogP contribution in [0.15, 0.2) is 53.5 Å². The standard InChI is InChI=1S/C17H15N3OS/c1-12-8-19-16(10-18-12)17(21)20-9-13-4-2-3-5-15(13)14-6-7-22-11-14/h2-8,10-11H,9H2,1H3,(H,20,21). The van der Waals surface area contributed by atoms with Crippen molar-refractivity contribution in [3.05, 3.63) is 70.4 Å². The second-order valence-corrected chi connectivity index (χ2v) is 5.67. The van der Waals surface area contributed by atoms with Crippen molar-refractivity contribution >= 4 is 17.2 Å². The number of thiophene rings is 1. The Morgan fingerprint density at radius 2 is 2.05 bits per heavy atom. The molecule has 0 aliphatic rings. The van der Waals surface area contributed by atoms with Gasteiger partial charge in [-0.15, -0.1) is 0 Å². The Balaban J connectivity index is 1.74. The molecule has 110 valence electrons. The second kappa shape index (κ2) is 6.49. The van der Waals surface area contributed by atoms with Gasteiger partial charge in [-0.25, -0.2) is 4.98 Å². The molecule has 0 spiro atoms. The summed E-state index contributed by atoms with van der Waals surface area (Å²) >= 11 is 1.66. The van der Waals surface area contributed by atoms with Crippen LogP contribution in [-0.4, -0.2) is 15.9 Å². The number of hydrogen-bond donors (Lipinski definition) is 1. The largest absolute Gasteiger partial charge is 0.347 e. The molecule has 0 aliphatic carbocycles. The van der Waals surface area contributed by atoms with Gasteiger partial charge >= 0.3 is 0 Å². The highest BCUT2D eigenvalue weighted by atomic mass is 32.1. The Hall–Kier alpha value is -2.53. The van der Waals surface area contributed by atoms with Crippen LogP contribution in [0.25, 0.3) is 11.1 Å². The summed E-state index contributed by atoms with van der Waals surface area (Å²) in [7, 11) is 0. The third-order valence-corrected chi connectivity index (χ3v) is 3.99. The Morgan fingerprint density at radius 1 is 1.18 bits per heavy atom. The van der Waals surface area contributed by atoms with Crippen LogP contribution < -0.4 is 5.32 Å². The van der Waals surface area contributed by atoms with Gasteiger partial charge in [0.25, 0.3) is 5.91 Å². The fourth-order valence-corrected chi connectivity index (χ4v) is 2.81. The van der Waals surface area contributed by atoms with Crippen molar-refractivity contribution in [2.75, 3.05) is 0 Å². The van der Waals surface area contributed by atoms with E-state index in [0.717, 1.165) is 16.8 Å². The van der Waals surface area contributed by atoms with Gasteiger partial charge in [0.15, 0.2) is 0 Å². The van der Waals surface area contributed by atoms with Gasteiger partial charge in [-0.05, 0) is 40.4 Å². The van der Waals surface area contributed by atoms with Crippen molar-refractivity contribution in [3.63, 3.8) is 0 Å². The highest BCUT2D eigenvalue weighted by Crippen LogP contribution is 2.25. The van der Waals surface area contributed by atoms with Crippen LogP contribution in [-0.2, 0) is 6.54 Å². The molecule has 0 saturated carbocycles. The summed E-state index contributed by atoms with van der Waals surface area (Å²) in [6, 6.07) is 10.1. The molecule has 3 aromatic rings. The Morgan fingerprint density at radius 3 is 2.77 bits per heavy atom. The monoisotopic (exact) mass is 309 g/mol. The molecule has 1 N–H and O–H groups in total. The number of carbonyl (C=O) groups is 1. The van der Waals surface area contributed by atoms with Gasteiger partial charge in [0, 0.05) is 12.7 Å². The number of benzene rings is 1. The zero-order valence-corrected chi connectivity index (χ0v) is 12.9. The zero-order valence-electron chi connectivity index (χ0n) is 12.1. The van der Waals surface area contributed by atoms with E-state index in [0.29, 0.717) is 12.2 Å². The molecule has 0 unspecified atom stereocenters. The summed E-state index contributed by atoms with van der Waals surface area (Å²) in [6.07, 6.45) is 3.09. The first-order valence-electron chi connectivity index (χ1n) is 6.91. The first kappa shape index (κ1) is 14.4. The lowest BCUT2D eigenvalue weighted by Crippen LogP contribution is -2.24. The number of carbonyl (C=O) groups excluding carboxylic acids is 1. The number of nitrogens with one attached hydrogen (secondary N) is 1. The van der Waals surface area contributed by atoms with Crippen LogP contribution in [0, 0.1) is 6.92 Å². The second-order valence-electron chi connectivity index (χ2n) is 4.89. The molecule has 3 rings (SSSR count). The normalized spacial score (nSPS) is 10.4. The molecule has 2 heterocycles. The maximum atomic E-state index is 12.1. The molecular formula is C17H15N3OS.